The SMILES string of the molecule is CCCC(C)N1C(=O)C(=O)c2ccccc21. The molecule has 0 N–H and O–H groups in total. The van der Waals surface area contributed by atoms with Gasteiger partial charge in [-0.2, -0.15) is 0 Å². The van der Waals surface area contributed by atoms with E-state index in [1.807, 2.05) is 19.1 Å². The Balaban J connectivity index is 2.41. The summed E-state index contributed by atoms with van der Waals surface area (Å²) in [6, 6.07) is 7.29. The van der Waals surface area contributed by atoms with Crippen LogP contribution in [0.4, 0.5) is 5.69 Å². The number of carbonyl (C=O) groups is 2. The number of hydrogen-bond donors (Lipinski definition) is 0. The van der Waals surface area contributed by atoms with Crippen LogP contribution in [0.1, 0.15) is 37.0 Å². The lowest BCUT2D eigenvalue weighted by Gasteiger charge is -2.24. The molecule has 1 aliphatic rings. The van der Waals surface area contributed by atoms with Crippen LogP contribution in [-0.4, -0.2) is 17.7 Å². The third-order valence-electron chi connectivity index (χ3n) is 2.97. The van der Waals surface area contributed by atoms with E-state index in [2.05, 4.69) is 6.92 Å². The summed E-state index contributed by atoms with van der Waals surface area (Å²) in [6.45, 7) is 4.06. The monoisotopic (exact) mass is 217 g/mol. The van der Waals surface area contributed by atoms with Crippen molar-refractivity contribution in [3.05, 3.63) is 29.8 Å². The third-order valence-corrected chi connectivity index (χ3v) is 2.97. The van der Waals surface area contributed by atoms with Gasteiger partial charge in [0.1, 0.15) is 0 Å². The van der Waals surface area contributed by atoms with Crippen molar-refractivity contribution < 1.29 is 9.59 Å². The maximum atomic E-state index is 11.9. The summed E-state index contributed by atoms with van der Waals surface area (Å²) in [5.74, 6) is -0.763. The summed E-state index contributed by atoms with van der Waals surface area (Å²) < 4.78 is 0. The third kappa shape index (κ3) is 1.52. The number of fused-ring (bicyclic) bond motifs is 1. The van der Waals surface area contributed by atoms with Crippen LogP contribution in [0.25, 0.3) is 0 Å². The lowest BCUT2D eigenvalue weighted by atomic mass is 10.1. The maximum Gasteiger partial charge on any atom is 0.299 e. The van der Waals surface area contributed by atoms with E-state index in [9.17, 15) is 9.59 Å². The molecule has 16 heavy (non-hydrogen) atoms. The molecular weight excluding hydrogens is 202 g/mol. The molecule has 84 valence electrons. The first-order valence-electron chi connectivity index (χ1n) is 5.63. The maximum absolute atomic E-state index is 11.9. The summed E-state index contributed by atoms with van der Waals surface area (Å²) in [5.41, 5.74) is 1.30. The fraction of sp³-hybridized carbons (Fsp3) is 0.385. The molecule has 1 heterocycles. The molecule has 3 nitrogen and oxygen atoms in total. The highest BCUT2D eigenvalue weighted by Crippen LogP contribution is 2.31. The smallest absolute Gasteiger partial charge is 0.299 e. The number of Topliss-reactive ketones (excluding diaryl/α,β-unsaturated/α-hetero) is 1. The Morgan fingerprint density at radius 3 is 2.62 bits per heavy atom. The van der Waals surface area contributed by atoms with Crippen molar-refractivity contribution >= 4 is 17.4 Å². The van der Waals surface area contributed by atoms with E-state index < -0.39 is 0 Å². The molecule has 1 aliphatic heterocycles. The average Bonchev–Trinajstić information content (AvgIpc) is 2.53. The van der Waals surface area contributed by atoms with Gasteiger partial charge in [0.25, 0.3) is 11.7 Å². The second kappa shape index (κ2) is 4.08. The zero-order valence-corrected chi connectivity index (χ0v) is 9.56. The predicted octanol–water partition coefficient (Wildman–Crippen LogP) is 2.40. The van der Waals surface area contributed by atoms with E-state index in [4.69, 9.17) is 0 Å². The van der Waals surface area contributed by atoms with Gasteiger partial charge in [-0.05, 0) is 25.5 Å². The van der Waals surface area contributed by atoms with Crippen molar-refractivity contribution in [2.75, 3.05) is 4.90 Å². The Kier molecular flexibility index (Phi) is 2.77. The predicted molar refractivity (Wildman–Crippen MR) is 62.6 cm³/mol. The van der Waals surface area contributed by atoms with Crippen molar-refractivity contribution in [2.24, 2.45) is 0 Å². The van der Waals surface area contributed by atoms with Crippen LogP contribution in [0.2, 0.25) is 0 Å². The fourth-order valence-electron chi connectivity index (χ4n) is 2.19. The zero-order chi connectivity index (χ0) is 11.7. The van der Waals surface area contributed by atoms with Crippen LogP contribution < -0.4 is 4.90 Å². The standard InChI is InChI=1S/C13H15NO2/c1-3-6-9(2)14-11-8-5-4-7-10(11)12(15)13(14)16/h4-5,7-9H,3,6H2,1-2H3. The van der Waals surface area contributed by atoms with E-state index in [-0.39, 0.29) is 17.7 Å². The number of rotatable bonds is 3. The minimum absolute atomic E-state index is 0.0881. The minimum atomic E-state index is -0.387. The van der Waals surface area contributed by atoms with Crippen LogP contribution in [-0.2, 0) is 4.79 Å². The first-order chi connectivity index (χ1) is 7.66. The summed E-state index contributed by atoms with van der Waals surface area (Å²) in [6.07, 6.45) is 1.91. The minimum Gasteiger partial charge on any atom is -0.302 e. The molecule has 0 spiro atoms. The molecule has 0 radical (unpaired) electrons. The van der Waals surface area contributed by atoms with Crippen molar-refractivity contribution in [3.8, 4) is 0 Å². The molecule has 0 saturated carbocycles. The summed E-state index contributed by atoms with van der Waals surface area (Å²) >= 11 is 0. The molecule has 1 atom stereocenters. The van der Waals surface area contributed by atoms with E-state index in [1.54, 1.807) is 17.0 Å². The molecule has 0 aliphatic carbocycles. The van der Waals surface area contributed by atoms with Gasteiger partial charge >= 0.3 is 0 Å². The van der Waals surface area contributed by atoms with Gasteiger partial charge in [-0.1, -0.05) is 25.5 Å². The Hall–Kier alpha value is -1.64. The molecular formula is C13H15NO2. The number of hydrogen-bond acceptors (Lipinski definition) is 2. The Labute approximate surface area is 95.1 Å². The molecule has 1 amide bonds. The topological polar surface area (TPSA) is 37.4 Å². The van der Waals surface area contributed by atoms with E-state index in [1.165, 1.54) is 0 Å². The normalized spacial score (nSPS) is 16.5. The van der Waals surface area contributed by atoms with Crippen LogP contribution in [0.3, 0.4) is 0 Å². The number of amides is 1. The van der Waals surface area contributed by atoms with E-state index in [0.717, 1.165) is 18.5 Å². The summed E-state index contributed by atoms with van der Waals surface area (Å²) in [5, 5.41) is 0. The van der Waals surface area contributed by atoms with Gasteiger partial charge in [-0.15, -0.1) is 0 Å². The highest BCUT2D eigenvalue weighted by atomic mass is 16.2. The number of para-hydroxylation sites is 1. The second-order valence-electron chi connectivity index (χ2n) is 4.16. The van der Waals surface area contributed by atoms with Gasteiger partial charge in [0.05, 0.1) is 11.3 Å². The van der Waals surface area contributed by atoms with Crippen molar-refractivity contribution in [2.45, 2.75) is 32.7 Å². The number of ketones is 1. The highest BCUT2D eigenvalue weighted by molar-refractivity contribution is 6.52. The number of nitrogens with zero attached hydrogens (tertiary/aromatic N) is 1. The Morgan fingerprint density at radius 2 is 1.94 bits per heavy atom. The first-order valence-corrected chi connectivity index (χ1v) is 5.63. The van der Waals surface area contributed by atoms with Crippen molar-refractivity contribution in [1.82, 2.24) is 0 Å². The van der Waals surface area contributed by atoms with Gasteiger partial charge in [-0.3, -0.25) is 9.59 Å². The largest absolute Gasteiger partial charge is 0.302 e. The van der Waals surface area contributed by atoms with Crippen LogP contribution in [0.15, 0.2) is 24.3 Å². The fourth-order valence-corrected chi connectivity index (χ4v) is 2.19. The summed E-state index contributed by atoms with van der Waals surface area (Å²) in [4.78, 5) is 25.2. The van der Waals surface area contributed by atoms with E-state index in [0.29, 0.717) is 5.56 Å². The molecule has 1 aromatic carbocycles. The van der Waals surface area contributed by atoms with Gasteiger partial charge in [0, 0.05) is 6.04 Å². The van der Waals surface area contributed by atoms with Crippen LogP contribution >= 0.6 is 0 Å². The quantitative estimate of drug-likeness (QED) is 0.729. The molecule has 1 unspecified atom stereocenters. The van der Waals surface area contributed by atoms with Gasteiger partial charge in [0.15, 0.2) is 0 Å². The summed E-state index contributed by atoms with van der Waals surface area (Å²) in [7, 11) is 0. The average molecular weight is 217 g/mol. The van der Waals surface area contributed by atoms with Gasteiger partial charge in [-0.25, -0.2) is 0 Å². The highest BCUT2D eigenvalue weighted by Gasteiger charge is 2.37. The molecule has 0 saturated heterocycles. The second-order valence-corrected chi connectivity index (χ2v) is 4.16. The number of anilines is 1. The molecule has 0 bridgehead atoms. The molecule has 2 rings (SSSR count). The Morgan fingerprint density at radius 1 is 1.25 bits per heavy atom. The molecule has 0 fully saturated rings. The molecule has 1 aromatic rings. The zero-order valence-electron chi connectivity index (χ0n) is 9.56. The number of benzene rings is 1. The lowest BCUT2D eigenvalue weighted by Crippen LogP contribution is -2.37. The van der Waals surface area contributed by atoms with Crippen molar-refractivity contribution in [1.29, 1.82) is 0 Å². The van der Waals surface area contributed by atoms with Crippen molar-refractivity contribution in [3.63, 3.8) is 0 Å². The molecule has 3 heteroatoms. The molecule has 0 aromatic heterocycles. The Bertz CT molecular complexity index is 439. The van der Waals surface area contributed by atoms with Crippen LogP contribution in [0.5, 0.6) is 0 Å². The van der Waals surface area contributed by atoms with Crippen LogP contribution in [0, 0.1) is 0 Å². The van der Waals surface area contributed by atoms with Gasteiger partial charge in [0.2, 0.25) is 0 Å². The lowest BCUT2D eigenvalue weighted by molar-refractivity contribution is -0.114. The van der Waals surface area contributed by atoms with Gasteiger partial charge < -0.3 is 4.90 Å². The van der Waals surface area contributed by atoms with E-state index >= 15 is 0 Å². The first kappa shape index (κ1) is 10.9. The number of carbonyl (C=O) groups excluding carboxylic acids is 2.